The van der Waals surface area contributed by atoms with Gasteiger partial charge in [0.15, 0.2) is 0 Å². The first-order valence-corrected chi connectivity index (χ1v) is 9.75. The first kappa shape index (κ1) is 19.7. The molecule has 5 nitrogen and oxygen atoms in total. The molecule has 1 saturated heterocycles. The fourth-order valence-electron chi connectivity index (χ4n) is 3.74. The molecule has 146 valence electrons. The topological polar surface area (TPSA) is 56.2 Å². The lowest BCUT2D eigenvalue weighted by Gasteiger charge is -2.41. The summed E-state index contributed by atoms with van der Waals surface area (Å²) in [7, 11) is 0. The first-order chi connectivity index (χ1) is 13.2. The number of nitrogens with zero attached hydrogens (tertiary/aromatic N) is 2. The van der Waals surface area contributed by atoms with E-state index in [9.17, 15) is 10.2 Å². The highest BCUT2D eigenvalue weighted by atomic mass is 16.5. The van der Waals surface area contributed by atoms with Crippen molar-refractivity contribution in [3.8, 4) is 11.5 Å². The zero-order valence-corrected chi connectivity index (χ0v) is 16.1. The second-order valence-electron chi connectivity index (χ2n) is 7.12. The van der Waals surface area contributed by atoms with E-state index in [1.165, 1.54) is 5.56 Å². The highest BCUT2D eigenvalue weighted by Gasteiger charge is 2.26. The monoisotopic (exact) mass is 370 g/mol. The van der Waals surface area contributed by atoms with Gasteiger partial charge in [0.1, 0.15) is 11.5 Å². The second-order valence-corrected chi connectivity index (χ2v) is 7.12. The maximum absolute atomic E-state index is 9.67. The van der Waals surface area contributed by atoms with Crippen LogP contribution in [0.1, 0.15) is 24.5 Å². The smallest absolute Gasteiger partial charge is 0.119 e. The predicted molar refractivity (Wildman–Crippen MR) is 107 cm³/mol. The summed E-state index contributed by atoms with van der Waals surface area (Å²) in [5, 5.41) is 19.2. The normalized spacial score (nSPS) is 18.5. The van der Waals surface area contributed by atoms with Gasteiger partial charge in [0.2, 0.25) is 0 Å². The van der Waals surface area contributed by atoms with E-state index in [-0.39, 0.29) is 6.61 Å². The van der Waals surface area contributed by atoms with Crippen LogP contribution in [0.3, 0.4) is 0 Å². The third-order valence-electron chi connectivity index (χ3n) is 5.09. The van der Waals surface area contributed by atoms with Crippen molar-refractivity contribution in [2.45, 2.75) is 32.5 Å². The van der Waals surface area contributed by atoms with Crippen LogP contribution in [0, 0.1) is 0 Å². The van der Waals surface area contributed by atoms with Crippen LogP contribution in [-0.4, -0.2) is 58.9 Å². The Bertz CT molecular complexity index is 705. The number of benzene rings is 2. The van der Waals surface area contributed by atoms with Gasteiger partial charge in [-0.2, -0.15) is 0 Å². The van der Waals surface area contributed by atoms with Gasteiger partial charge in [-0.25, -0.2) is 0 Å². The Morgan fingerprint density at radius 3 is 2.56 bits per heavy atom. The number of hydrogen-bond acceptors (Lipinski definition) is 5. The van der Waals surface area contributed by atoms with Crippen molar-refractivity contribution in [3.05, 3.63) is 59.7 Å². The van der Waals surface area contributed by atoms with E-state index in [4.69, 9.17) is 4.74 Å². The standard InChI is InChI=1S/C22H30N2O3/c1-2-27-22-8-6-18(7-9-22)16-24-12-11-23(17-20(24)10-13-25)15-19-4-3-5-21(26)14-19/h3-9,14,20,25-26H,2,10-13,15-17H2,1H3/t20-/m0/s1. The largest absolute Gasteiger partial charge is 0.508 e. The minimum Gasteiger partial charge on any atom is -0.508 e. The number of hydrogen-bond donors (Lipinski definition) is 2. The molecule has 0 spiro atoms. The Balaban J connectivity index is 1.60. The van der Waals surface area contributed by atoms with Gasteiger partial charge in [0, 0.05) is 45.4 Å². The molecule has 0 bridgehead atoms. The summed E-state index contributed by atoms with van der Waals surface area (Å²) in [5.41, 5.74) is 2.39. The second kappa shape index (κ2) is 9.74. The van der Waals surface area contributed by atoms with Crippen molar-refractivity contribution in [1.29, 1.82) is 0 Å². The Kier molecular flexibility index (Phi) is 7.10. The maximum Gasteiger partial charge on any atom is 0.119 e. The van der Waals surface area contributed by atoms with Crippen LogP contribution >= 0.6 is 0 Å². The maximum atomic E-state index is 9.67. The first-order valence-electron chi connectivity index (χ1n) is 9.75. The summed E-state index contributed by atoms with van der Waals surface area (Å²) in [4.78, 5) is 4.87. The van der Waals surface area contributed by atoms with E-state index in [2.05, 4.69) is 21.9 Å². The van der Waals surface area contributed by atoms with Crippen molar-refractivity contribution >= 4 is 0 Å². The van der Waals surface area contributed by atoms with Gasteiger partial charge in [-0.05, 0) is 48.7 Å². The number of rotatable bonds is 8. The Hall–Kier alpha value is -2.08. The lowest BCUT2D eigenvalue weighted by atomic mass is 10.1. The van der Waals surface area contributed by atoms with Crippen LogP contribution in [0.4, 0.5) is 0 Å². The number of aliphatic hydroxyl groups excluding tert-OH is 1. The number of phenolic OH excluding ortho intramolecular Hbond substituents is 1. The van der Waals surface area contributed by atoms with E-state index in [1.807, 2.05) is 37.3 Å². The van der Waals surface area contributed by atoms with Gasteiger partial charge in [0.05, 0.1) is 6.61 Å². The van der Waals surface area contributed by atoms with Gasteiger partial charge in [-0.15, -0.1) is 0 Å². The summed E-state index contributed by atoms with van der Waals surface area (Å²) in [6.45, 7) is 7.45. The number of aliphatic hydroxyl groups is 1. The average Bonchev–Trinajstić information content (AvgIpc) is 2.66. The van der Waals surface area contributed by atoms with E-state index in [1.54, 1.807) is 6.07 Å². The molecule has 2 aromatic rings. The van der Waals surface area contributed by atoms with E-state index in [0.29, 0.717) is 18.4 Å². The van der Waals surface area contributed by atoms with Crippen molar-refractivity contribution in [3.63, 3.8) is 0 Å². The lowest BCUT2D eigenvalue weighted by Crippen LogP contribution is -2.52. The van der Waals surface area contributed by atoms with Gasteiger partial charge >= 0.3 is 0 Å². The van der Waals surface area contributed by atoms with E-state index >= 15 is 0 Å². The molecule has 1 aliphatic heterocycles. The van der Waals surface area contributed by atoms with Crippen LogP contribution in [-0.2, 0) is 13.1 Å². The van der Waals surface area contributed by atoms with Crippen LogP contribution in [0.5, 0.6) is 11.5 Å². The van der Waals surface area contributed by atoms with E-state index in [0.717, 1.165) is 50.5 Å². The molecule has 1 heterocycles. The van der Waals surface area contributed by atoms with Crippen molar-refractivity contribution < 1.29 is 14.9 Å². The quantitative estimate of drug-likeness (QED) is 0.748. The summed E-state index contributed by atoms with van der Waals surface area (Å²) in [6, 6.07) is 16.1. The molecule has 0 saturated carbocycles. The molecular formula is C22H30N2O3. The summed E-state index contributed by atoms with van der Waals surface area (Å²) in [6.07, 6.45) is 0.771. The molecule has 2 N–H and O–H groups in total. The fourth-order valence-corrected chi connectivity index (χ4v) is 3.74. The van der Waals surface area contributed by atoms with Gasteiger partial charge in [-0.3, -0.25) is 9.80 Å². The lowest BCUT2D eigenvalue weighted by molar-refractivity contribution is 0.0499. The molecule has 5 heteroatoms. The summed E-state index contributed by atoms with van der Waals surface area (Å²) >= 11 is 0. The Morgan fingerprint density at radius 2 is 1.85 bits per heavy atom. The van der Waals surface area contributed by atoms with Gasteiger partial charge in [-0.1, -0.05) is 24.3 Å². The predicted octanol–water partition coefficient (Wildman–Crippen LogP) is 2.86. The molecule has 27 heavy (non-hydrogen) atoms. The molecule has 0 aromatic heterocycles. The zero-order chi connectivity index (χ0) is 19.1. The zero-order valence-electron chi connectivity index (χ0n) is 16.1. The summed E-state index contributed by atoms with van der Waals surface area (Å²) < 4.78 is 5.52. The third-order valence-corrected chi connectivity index (χ3v) is 5.09. The van der Waals surface area contributed by atoms with Gasteiger partial charge < -0.3 is 14.9 Å². The molecular weight excluding hydrogens is 340 g/mol. The Morgan fingerprint density at radius 1 is 1.04 bits per heavy atom. The molecule has 0 radical (unpaired) electrons. The third kappa shape index (κ3) is 5.70. The molecule has 0 aliphatic carbocycles. The highest BCUT2D eigenvalue weighted by Crippen LogP contribution is 2.21. The number of ether oxygens (including phenoxy) is 1. The number of aromatic hydroxyl groups is 1. The van der Waals surface area contributed by atoms with E-state index < -0.39 is 0 Å². The van der Waals surface area contributed by atoms with Crippen LogP contribution in [0.25, 0.3) is 0 Å². The molecule has 0 amide bonds. The molecule has 3 rings (SSSR count). The summed E-state index contributed by atoms with van der Waals surface area (Å²) in [5.74, 6) is 1.22. The van der Waals surface area contributed by atoms with Crippen LogP contribution < -0.4 is 4.74 Å². The molecule has 1 fully saturated rings. The number of piperazine rings is 1. The van der Waals surface area contributed by atoms with Crippen LogP contribution in [0.2, 0.25) is 0 Å². The van der Waals surface area contributed by atoms with Crippen molar-refractivity contribution in [1.82, 2.24) is 9.80 Å². The van der Waals surface area contributed by atoms with Crippen molar-refractivity contribution in [2.75, 3.05) is 32.8 Å². The fraction of sp³-hybridized carbons (Fsp3) is 0.455. The SMILES string of the molecule is CCOc1ccc(CN2CCN(Cc3cccc(O)c3)C[C@@H]2CCO)cc1. The van der Waals surface area contributed by atoms with Crippen LogP contribution in [0.15, 0.2) is 48.5 Å². The molecule has 1 aliphatic rings. The molecule has 1 atom stereocenters. The minimum atomic E-state index is 0.199. The minimum absolute atomic E-state index is 0.199. The molecule has 0 unspecified atom stereocenters. The average molecular weight is 370 g/mol. The van der Waals surface area contributed by atoms with Gasteiger partial charge in [0.25, 0.3) is 0 Å². The highest BCUT2D eigenvalue weighted by molar-refractivity contribution is 5.28. The van der Waals surface area contributed by atoms with Crippen molar-refractivity contribution in [2.24, 2.45) is 0 Å². The number of phenols is 1. The Labute approximate surface area is 161 Å². The molecule has 2 aromatic carbocycles.